The summed E-state index contributed by atoms with van der Waals surface area (Å²) < 4.78 is 36.3. The first kappa shape index (κ1) is 39.9. The van der Waals surface area contributed by atoms with Crippen molar-refractivity contribution in [3.05, 3.63) is 12.2 Å². The molecule has 4 aliphatic rings. The van der Waals surface area contributed by atoms with Gasteiger partial charge in [-0.05, 0) is 62.9 Å². The normalized spacial score (nSPS) is 47.5. The summed E-state index contributed by atoms with van der Waals surface area (Å²) in [5.74, 6) is 0.419. The van der Waals surface area contributed by atoms with E-state index in [1.165, 1.54) is 6.92 Å². The highest BCUT2D eigenvalue weighted by molar-refractivity contribution is 5.14. The van der Waals surface area contributed by atoms with Crippen LogP contribution in [-0.4, -0.2) is 157 Å². The minimum absolute atomic E-state index is 0.107. The Kier molecular flexibility index (Phi) is 13.5. The third-order valence-corrected chi connectivity index (χ3v) is 11.0. The second-order valence-corrected chi connectivity index (χ2v) is 14.7. The van der Waals surface area contributed by atoms with Gasteiger partial charge in [0.2, 0.25) is 0 Å². The highest BCUT2D eigenvalue weighted by Crippen LogP contribution is 2.48. The van der Waals surface area contributed by atoms with Crippen molar-refractivity contribution in [2.24, 2.45) is 11.3 Å². The standard InChI is InChI=1S/C33H58O15/c1-7-10-32(5,6)17-8-11-33(12-9-17,15(2)3)48-31-28(47-29-25(41)23(39)20(36)16(4)43-29)27(22(38)19(14-35)45-31)46-30-26(42)24(40)21(37)18(13-34)44-30/h16-31,34-42H,2,7-14H2,1,3-6H3/t16?,17-,18?,19?,20-,21+,22+,23?,24?,25?,26?,27?,28?,29-,30-,31-,33+/m0/s1. The molecular weight excluding hydrogens is 636 g/mol. The number of aliphatic hydroxyl groups excluding tert-OH is 9. The van der Waals surface area contributed by atoms with Crippen molar-refractivity contribution in [3.8, 4) is 0 Å². The molecule has 3 saturated heterocycles. The molecule has 9 unspecified atom stereocenters. The quantitative estimate of drug-likeness (QED) is 0.109. The molecule has 15 atom stereocenters. The predicted molar refractivity (Wildman–Crippen MR) is 167 cm³/mol. The lowest BCUT2D eigenvalue weighted by atomic mass is 9.65. The summed E-state index contributed by atoms with van der Waals surface area (Å²) in [4.78, 5) is 0. The van der Waals surface area contributed by atoms with Crippen LogP contribution in [-0.2, 0) is 28.4 Å². The second-order valence-electron chi connectivity index (χ2n) is 14.7. The summed E-state index contributed by atoms with van der Waals surface area (Å²) in [7, 11) is 0. The SMILES string of the molecule is C=C(C)[C@]1(O[C@@H]2OC(CO)[C@@H](O)C(O[C@@H]3OC(CO)[C@@H](O)C(O)C3O)C2O[C@@H]2OC(C)[C@H](O)C(O)C2O)CC[C@@H](C(C)(C)CCC)CC1. The van der Waals surface area contributed by atoms with Gasteiger partial charge in [-0.1, -0.05) is 33.8 Å². The highest BCUT2D eigenvalue weighted by Gasteiger charge is 2.56. The van der Waals surface area contributed by atoms with Crippen LogP contribution in [0.2, 0.25) is 0 Å². The van der Waals surface area contributed by atoms with Gasteiger partial charge >= 0.3 is 0 Å². The van der Waals surface area contributed by atoms with Crippen LogP contribution in [0.15, 0.2) is 12.2 Å². The first-order chi connectivity index (χ1) is 22.5. The molecule has 0 radical (unpaired) electrons. The van der Waals surface area contributed by atoms with E-state index in [4.69, 9.17) is 28.4 Å². The van der Waals surface area contributed by atoms with E-state index >= 15 is 0 Å². The highest BCUT2D eigenvalue weighted by atomic mass is 16.8. The van der Waals surface area contributed by atoms with Crippen molar-refractivity contribution >= 4 is 0 Å². The summed E-state index contributed by atoms with van der Waals surface area (Å²) in [6.45, 7) is 12.8. The molecule has 15 nitrogen and oxygen atoms in total. The minimum atomic E-state index is -1.84. The van der Waals surface area contributed by atoms with Crippen LogP contribution in [0, 0.1) is 11.3 Å². The summed E-state index contributed by atoms with van der Waals surface area (Å²) in [5, 5.41) is 94.5. The molecule has 0 aromatic carbocycles. The zero-order chi connectivity index (χ0) is 35.7. The van der Waals surface area contributed by atoms with Crippen LogP contribution in [0.4, 0.5) is 0 Å². The fourth-order valence-corrected chi connectivity index (χ4v) is 7.63. The van der Waals surface area contributed by atoms with Gasteiger partial charge in [-0.15, -0.1) is 0 Å². The van der Waals surface area contributed by atoms with E-state index in [1.54, 1.807) is 0 Å². The van der Waals surface area contributed by atoms with Gasteiger partial charge < -0.3 is 74.4 Å². The van der Waals surface area contributed by atoms with Gasteiger partial charge in [0.25, 0.3) is 0 Å². The molecule has 0 aromatic heterocycles. The van der Waals surface area contributed by atoms with Crippen molar-refractivity contribution in [1.29, 1.82) is 0 Å². The Morgan fingerprint density at radius 1 is 0.729 bits per heavy atom. The molecule has 4 rings (SSSR count). The largest absolute Gasteiger partial charge is 0.394 e. The van der Waals surface area contributed by atoms with Crippen LogP contribution in [0.5, 0.6) is 0 Å². The lowest BCUT2D eigenvalue weighted by Gasteiger charge is -2.52. The van der Waals surface area contributed by atoms with E-state index in [-0.39, 0.29) is 5.41 Å². The Morgan fingerprint density at radius 3 is 1.77 bits per heavy atom. The lowest BCUT2D eigenvalue weighted by molar-refractivity contribution is -0.398. The number of rotatable bonds is 12. The molecule has 0 aromatic rings. The second kappa shape index (κ2) is 16.2. The Morgan fingerprint density at radius 2 is 1.23 bits per heavy atom. The molecule has 15 heteroatoms. The molecule has 0 bridgehead atoms. The summed E-state index contributed by atoms with van der Waals surface area (Å²) in [6.07, 6.45) is -18.4. The number of hydrogen-bond acceptors (Lipinski definition) is 15. The number of aliphatic hydroxyl groups is 9. The maximum Gasteiger partial charge on any atom is 0.188 e. The fraction of sp³-hybridized carbons (Fsp3) is 0.939. The summed E-state index contributed by atoms with van der Waals surface area (Å²) >= 11 is 0. The molecular formula is C33H58O15. The van der Waals surface area contributed by atoms with Crippen molar-refractivity contribution in [1.82, 2.24) is 0 Å². The Balaban J connectivity index is 1.69. The Bertz CT molecular complexity index is 1030. The zero-order valence-corrected chi connectivity index (χ0v) is 28.6. The monoisotopic (exact) mass is 694 g/mol. The van der Waals surface area contributed by atoms with Gasteiger partial charge in [0, 0.05) is 0 Å². The summed E-state index contributed by atoms with van der Waals surface area (Å²) in [6, 6.07) is 0. The first-order valence-electron chi connectivity index (χ1n) is 17.1. The summed E-state index contributed by atoms with van der Waals surface area (Å²) in [5.41, 5.74) is -0.123. The van der Waals surface area contributed by atoms with E-state index in [9.17, 15) is 46.0 Å². The molecule has 1 saturated carbocycles. The van der Waals surface area contributed by atoms with Gasteiger partial charge in [-0.2, -0.15) is 0 Å². The van der Waals surface area contributed by atoms with Crippen molar-refractivity contribution < 1.29 is 74.4 Å². The minimum Gasteiger partial charge on any atom is -0.394 e. The van der Waals surface area contributed by atoms with Crippen LogP contribution in [0.1, 0.15) is 73.1 Å². The molecule has 9 N–H and O–H groups in total. The molecule has 3 aliphatic heterocycles. The molecule has 4 fully saturated rings. The molecule has 48 heavy (non-hydrogen) atoms. The van der Waals surface area contributed by atoms with E-state index < -0.39 is 111 Å². The predicted octanol–water partition coefficient (Wildman–Crippen LogP) is -1.19. The van der Waals surface area contributed by atoms with E-state index in [1.807, 2.05) is 6.92 Å². The van der Waals surface area contributed by atoms with Gasteiger partial charge in [0.1, 0.15) is 67.1 Å². The average molecular weight is 695 g/mol. The molecule has 1 aliphatic carbocycles. The van der Waals surface area contributed by atoms with Crippen LogP contribution in [0.25, 0.3) is 0 Å². The van der Waals surface area contributed by atoms with Gasteiger partial charge in [0.15, 0.2) is 18.9 Å². The molecule has 0 spiro atoms. The van der Waals surface area contributed by atoms with Crippen molar-refractivity contribution in [2.45, 2.75) is 171 Å². The van der Waals surface area contributed by atoms with Crippen molar-refractivity contribution in [2.75, 3.05) is 13.2 Å². The van der Waals surface area contributed by atoms with E-state index in [2.05, 4.69) is 27.4 Å². The zero-order valence-electron chi connectivity index (χ0n) is 28.6. The van der Waals surface area contributed by atoms with Gasteiger partial charge in [-0.25, -0.2) is 0 Å². The maximum atomic E-state index is 11.4. The van der Waals surface area contributed by atoms with Crippen LogP contribution in [0.3, 0.4) is 0 Å². The smallest absolute Gasteiger partial charge is 0.188 e. The third-order valence-electron chi connectivity index (χ3n) is 11.0. The topological polar surface area (TPSA) is 237 Å². The average Bonchev–Trinajstić information content (AvgIpc) is 3.05. The lowest BCUT2D eigenvalue weighted by Crippen LogP contribution is -2.67. The molecule has 280 valence electrons. The molecule has 0 amide bonds. The van der Waals surface area contributed by atoms with E-state index in [0.29, 0.717) is 24.3 Å². The van der Waals surface area contributed by atoms with Gasteiger partial charge in [-0.3, -0.25) is 0 Å². The molecule has 3 heterocycles. The van der Waals surface area contributed by atoms with E-state index in [0.717, 1.165) is 25.7 Å². The fourth-order valence-electron chi connectivity index (χ4n) is 7.63. The maximum absolute atomic E-state index is 11.4. The van der Waals surface area contributed by atoms with Gasteiger partial charge in [0.05, 0.1) is 24.9 Å². The van der Waals surface area contributed by atoms with Crippen LogP contribution >= 0.6 is 0 Å². The number of ether oxygens (including phenoxy) is 6. The Hall–Kier alpha value is -0.860. The van der Waals surface area contributed by atoms with Crippen molar-refractivity contribution in [3.63, 3.8) is 0 Å². The third kappa shape index (κ3) is 8.11. The first-order valence-corrected chi connectivity index (χ1v) is 17.1. The van der Waals surface area contributed by atoms with Crippen LogP contribution < -0.4 is 0 Å². The number of hydrogen-bond donors (Lipinski definition) is 9. The Labute approximate surface area is 282 Å².